The molecule has 78 valence electrons. The van der Waals surface area contributed by atoms with Crippen molar-refractivity contribution in [1.82, 2.24) is 0 Å². The molecule has 15 heavy (non-hydrogen) atoms. The predicted octanol–water partition coefficient (Wildman–Crippen LogP) is 1.63. The van der Waals surface area contributed by atoms with Gasteiger partial charge in [0.2, 0.25) is 0 Å². The first-order valence-corrected chi connectivity index (χ1v) is 4.25. The number of benzene rings is 1. The van der Waals surface area contributed by atoms with E-state index in [4.69, 9.17) is 5.11 Å². The van der Waals surface area contributed by atoms with Gasteiger partial charge in [-0.3, -0.25) is 4.79 Å². The van der Waals surface area contributed by atoms with Gasteiger partial charge < -0.3 is 10.2 Å². The number of allylic oxidation sites excluding steroid dienone is 1. The van der Waals surface area contributed by atoms with Crippen molar-refractivity contribution in [2.75, 3.05) is 0 Å². The van der Waals surface area contributed by atoms with Crippen molar-refractivity contribution in [2.45, 2.75) is 6.42 Å². The average Bonchev–Trinajstić information content (AvgIpc) is 2.21. The molecule has 0 amide bonds. The smallest absolute Gasteiger partial charge is 0.339 e. The summed E-state index contributed by atoms with van der Waals surface area (Å²) in [5.41, 5.74) is 0.338. The summed E-state index contributed by atoms with van der Waals surface area (Å²) in [4.78, 5) is 21.3. The molecule has 0 aliphatic rings. The number of aromatic carboxylic acids is 1. The second-order valence-corrected chi connectivity index (χ2v) is 2.99. The van der Waals surface area contributed by atoms with Crippen LogP contribution in [-0.2, 0) is 6.42 Å². The average molecular weight is 206 g/mol. The Balaban J connectivity index is 3.38. The van der Waals surface area contributed by atoms with E-state index in [2.05, 4.69) is 6.58 Å². The van der Waals surface area contributed by atoms with Gasteiger partial charge in [0.25, 0.3) is 0 Å². The molecular weight excluding hydrogens is 196 g/mol. The maximum absolute atomic E-state index is 10.7. The lowest BCUT2D eigenvalue weighted by Gasteiger charge is -2.06. The highest BCUT2D eigenvalue weighted by atomic mass is 16.4. The Bertz CT molecular complexity index is 421. The largest absolute Gasteiger partial charge is 0.507 e. The van der Waals surface area contributed by atoms with E-state index in [9.17, 15) is 14.7 Å². The highest BCUT2D eigenvalue weighted by Gasteiger charge is 2.14. The van der Waals surface area contributed by atoms with Gasteiger partial charge in [0.15, 0.2) is 0 Å². The lowest BCUT2D eigenvalue weighted by molar-refractivity contribution is 0.0693. The van der Waals surface area contributed by atoms with E-state index in [0.29, 0.717) is 18.3 Å². The van der Waals surface area contributed by atoms with Crippen LogP contribution in [0.4, 0.5) is 0 Å². The number of aromatic hydroxyl groups is 1. The topological polar surface area (TPSA) is 74.6 Å². The molecular formula is C11H10O4. The monoisotopic (exact) mass is 206 g/mol. The van der Waals surface area contributed by atoms with Gasteiger partial charge in [0, 0.05) is 5.56 Å². The number of carboxylic acid groups (broad SMARTS) is 1. The zero-order chi connectivity index (χ0) is 11.4. The number of aldehydes is 1. The summed E-state index contributed by atoms with van der Waals surface area (Å²) in [7, 11) is 0. The van der Waals surface area contributed by atoms with Crippen LogP contribution in [0.3, 0.4) is 0 Å². The second-order valence-electron chi connectivity index (χ2n) is 2.99. The van der Waals surface area contributed by atoms with E-state index in [1.165, 1.54) is 12.1 Å². The van der Waals surface area contributed by atoms with Gasteiger partial charge in [0.05, 0.1) is 0 Å². The van der Waals surface area contributed by atoms with Crippen LogP contribution in [0.15, 0.2) is 24.8 Å². The van der Waals surface area contributed by atoms with Crippen LogP contribution in [0.5, 0.6) is 5.75 Å². The molecule has 4 nitrogen and oxygen atoms in total. The van der Waals surface area contributed by atoms with Crippen LogP contribution < -0.4 is 0 Å². The Morgan fingerprint density at radius 1 is 1.47 bits per heavy atom. The van der Waals surface area contributed by atoms with Crippen LogP contribution >= 0.6 is 0 Å². The first kappa shape index (κ1) is 11.0. The molecule has 0 fully saturated rings. The third kappa shape index (κ3) is 2.22. The molecule has 0 spiro atoms. The third-order valence-electron chi connectivity index (χ3n) is 1.94. The van der Waals surface area contributed by atoms with Crippen LogP contribution in [0.1, 0.15) is 26.3 Å². The van der Waals surface area contributed by atoms with Crippen molar-refractivity contribution in [2.24, 2.45) is 0 Å². The molecule has 1 aromatic carbocycles. The molecule has 0 unspecified atom stereocenters. The standard InChI is InChI=1S/C11H10O4/c1-2-3-8-4-7(6-12)5-9(10(8)13)11(14)15/h2,4-6,13H,1,3H2,(H,14,15). The molecule has 1 aromatic rings. The Morgan fingerprint density at radius 2 is 2.13 bits per heavy atom. The maximum atomic E-state index is 10.7. The van der Waals surface area contributed by atoms with Crippen molar-refractivity contribution in [3.8, 4) is 5.75 Å². The summed E-state index contributed by atoms with van der Waals surface area (Å²) in [5, 5.41) is 18.3. The summed E-state index contributed by atoms with van der Waals surface area (Å²) in [6.45, 7) is 3.48. The SMILES string of the molecule is C=CCc1cc(C=O)cc(C(=O)O)c1O. The third-order valence-corrected chi connectivity index (χ3v) is 1.94. The zero-order valence-electron chi connectivity index (χ0n) is 7.93. The molecule has 0 heterocycles. The lowest BCUT2D eigenvalue weighted by atomic mass is 10.0. The van der Waals surface area contributed by atoms with Crippen LogP contribution in [0.2, 0.25) is 0 Å². The molecule has 0 aromatic heterocycles. The molecule has 0 bridgehead atoms. The zero-order valence-corrected chi connectivity index (χ0v) is 7.93. The number of phenols is 1. The van der Waals surface area contributed by atoms with E-state index in [1.807, 2.05) is 0 Å². The molecule has 0 saturated heterocycles. The number of carbonyl (C=O) groups excluding carboxylic acids is 1. The number of carbonyl (C=O) groups is 2. The van der Waals surface area contributed by atoms with Crippen LogP contribution in [0.25, 0.3) is 0 Å². The fourth-order valence-electron chi connectivity index (χ4n) is 1.26. The van der Waals surface area contributed by atoms with Crippen LogP contribution in [-0.4, -0.2) is 22.5 Å². The molecule has 0 radical (unpaired) electrons. The van der Waals surface area contributed by atoms with E-state index in [0.717, 1.165) is 6.07 Å². The van der Waals surface area contributed by atoms with Crippen molar-refractivity contribution in [3.05, 3.63) is 41.5 Å². The molecule has 0 aliphatic carbocycles. The van der Waals surface area contributed by atoms with E-state index < -0.39 is 5.97 Å². The number of rotatable bonds is 4. The number of hydrogen-bond donors (Lipinski definition) is 2. The molecule has 0 saturated carbocycles. The van der Waals surface area contributed by atoms with E-state index in [1.54, 1.807) is 0 Å². The maximum Gasteiger partial charge on any atom is 0.339 e. The second kappa shape index (κ2) is 4.41. The van der Waals surface area contributed by atoms with Crippen molar-refractivity contribution >= 4 is 12.3 Å². The molecule has 1 rings (SSSR count). The van der Waals surface area contributed by atoms with Gasteiger partial charge in [-0.05, 0) is 24.1 Å². The molecule has 4 heteroatoms. The minimum absolute atomic E-state index is 0.224. The Morgan fingerprint density at radius 3 is 2.60 bits per heavy atom. The van der Waals surface area contributed by atoms with Crippen molar-refractivity contribution in [3.63, 3.8) is 0 Å². The van der Waals surface area contributed by atoms with Gasteiger partial charge in [-0.2, -0.15) is 0 Å². The minimum Gasteiger partial charge on any atom is -0.507 e. The lowest BCUT2D eigenvalue weighted by Crippen LogP contribution is -2.01. The summed E-state index contributed by atoms with van der Waals surface area (Å²) >= 11 is 0. The summed E-state index contributed by atoms with van der Waals surface area (Å²) < 4.78 is 0. The van der Waals surface area contributed by atoms with Gasteiger partial charge in [-0.25, -0.2) is 4.79 Å². The molecule has 2 N–H and O–H groups in total. The summed E-state index contributed by atoms with van der Waals surface area (Å²) in [6, 6.07) is 2.58. The quantitative estimate of drug-likeness (QED) is 0.580. The van der Waals surface area contributed by atoms with Crippen LogP contribution in [0, 0.1) is 0 Å². The Labute approximate surface area is 86.5 Å². The molecule has 0 atom stereocenters. The number of carboxylic acids is 1. The fourth-order valence-corrected chi connectivity index (χ4v) is 1.26. The van der Waals surface area contributed by atoms with E-state index in [-0.39, 0.29) is 16.9 Å². The summed E-state index contributed by atoms with van der Waals surface area (Å²) in [5.74, 6) is -1.57. The number of hydrogen-bond acceptors (Lipinski definition) is 3. The predicted molar refractivity (Wildman–Crippen MR) is 54.4 cm³/mol. The first-order chi connectivity index (χ1) is 7.10. The van der Waals surface area contributed by atoms with Gasteiger partial charge in [0.1, 0.15) is 17.6 Å². The Kier molecular flexibility index (Phi) is 3.23. The van der Waals surface area contributed by atoms with Gasteiger partial charge in [-0.1, -0.05) is 6.08 Å². The van der Waals surface area contributed by atoms with Gasteiger partial charge >= 0.3 is 5.97 Å². The van der Waals surface area contributed by atoms with Crippen molar-refractivity contribution in [1.29, 1.82) is 0 Å². The minimum atomic E-state index is -1.26. The first-order valence-electron chi connectivity index (χ1n) is 4.25. The highest BCUT2D eigenvalue weighted by Crippen LogP contribution is 2.24. The fraction of sp³-hybridized carbons (Fsp3) is 0.0909. The van der Waals surface area contributed by atoms with Crippen molar-refractivity contribution < 1.29 is 19.8 Å². The summed E-state index contributed by atoms with van der Waals surface area (Å²) in [6.07, 6.45) is 2.38. The van der Waals surface area contributed by atoms with E-state index >= 15 is 0 Å². The normalized spacial score (nSPS) is 9.60. The van der Waals surface area contributed by atoms with Gasteiger partial charge in [-0.15, -0.1) is 6.58 Å². The molecule has 0 aliphatic heterocycles. The Hall–Kier alpha value is -2.10. The highest BCUT2D eigenvalue weighted by molar-refractivity contribution is 5.93.